The van der Waals surface area contributed by atoms with Crippen molar-refractivity contribution >= 4 is 23.3 Å². The maximum Gasteiger partial charge on any atom is 0.573 e. The Morgan fingerprint density at radius 3 is 2.59 bits per heavy atom. The van der Waals surface area contributed by atoms with Crippen LogP contribution in [0.1, 0.15) is 16.3 Å². The summed E-state index contributed by atoms with van der Waals surface area (Å²) < 4.78 is 41.3. The van der Waals surface area contributed by atoms with Crippen LogP contribution in [0, 0.1) is 6.92 Å². The number of hydrogen-bond acceptors (Lipinski definition) is 5. The van der Waals surface area contributed by atoms with Gasteiger partial charge in [-0.15, -0.1) is 24.5 Å². The average Bonchev–Trinajstić information content (AvgIpc) is 2.98. The monoisotopic (exact) mass is 402 g/mol. The molecule has 1 heterocycles. The van der Waals surface area contributed by atoms with E-state index in [-0.39, 0.29) is 18.5 Å². The zero-order valence-corrected chi connectivity index (χ0v) is 15.3. The molecule has 2 rings (SSSR count). The molecule has 2 aromatic rings. The number of benzene rings is 1. The van der Waals surface area contributed by atoms with Gasteiger partial charge in [-0.3, -0.25) is 10.2 Å². The zero-order chi connectivity index (χ0) is 20.0. The first-order valence-electron chi connectivity index (χ1n) is 7.68. The highest BCUT2D eigenvalue weighted by Crippen LogP contribution is 2.26. The number of hydrazine groups is 1. The van der Waals surface area contributed by atoms with Crippen LogP contribution < -0.4 is 15.6 Å². The summed E-state index contributed by atoms with van der Waals surface area (Å²) in [6.07, 6.45) is -4.84. The molecule has 7 nitrogen and oxygen atoms in total. The summed E-state index contributed by atoms with van der Waals surface area (Å²) in [6, 6.07) is 4.80. The second-order valence-corrected chi connectivity index (χ2v) is 6.59. The summed E-state index contributed by atoms with van der Waals surface area (Å²) >= 11 is 1.40. The van der Waals surface area contributed by atoms with E-state index < -0.39 is 24.1 Å². The number of aryl methyl sites for hydroxylation is 1. The minimum Gasteiger partial charge on any atom is -0.405 e. The van der Waals surface area contributed by atoms with Crippen LogP contribution in [-0.2, 0) is 17.8 Å². The summed E-state index contributed by atoms with van der Waals surface area (Å²) in [5.74, 6) is -0.865. The summed E-state index contributed by atoms with van der Waals surface area (Å²) in [5.41, 5.74) is 5.17. The Labute approximate surface area is 157 Å². The second-order valence-electron chi connectivity index (χ2n) is 5.52. The quantitative estimate of drug-likeness (QED) is 0.754. The fraction of sp³-hybridized carbons (Fsp3) is 0.312. The minimum atomic E-state index is -4.83. The first-order valence-corrected chi connectivity index (χ1v) is 8.56. The van der Waals surface area contributed by atoms with Gasteiger partial charge in [0, 0.05) is 18.0 Å². The fourth-order valence-corrected chi connectivity index (χ4v) is 2.72. The highest BCUT2D eigenvalue weighted by atomic mass is 32.1. The first-order chi connectivity index (χ1) is 12.6. The molecular weight excluding hydrogens is 385 g/mol. The largest absolute Gasteiger partial charge is 0.573 e. The number of para-hydroxylation sites is 1. The summed E-state index contributed by atoms with van der Waals surface area (Å²) in [6.45, 7) is 1.66. The average molecular weight is 402 g/mol. The highest BCUT2D eigenvalue weighted by Gasteiger charge is 2.32. The van der Waals surface area contributed by atoms with Crippen molar-refractivity contribution in [3.63, 3.8) is 0 Å². The molecule has 0 saturated heterocycles. The Morgan fingerprint density at radius 2 is 1.96 bits per heavy atom. The van der Waals surface area contributed by atoms with E-state index in [0.29, 0.717) is 5.69 Å². The number of thiazole rings is 1. The summed E-state index contributed by atoms with van der Waals surface area (Å²) in [4.78, 5) is 29.1. The third-order valence-corrected chi connectivity index (χ3v) is 4.09. The van der Waals surface area contributed by atoms with Crippen LogP contribution in [0.2, 0.25) is 0 Å². The first kappa shape index (κ1) is 20.5. The van der Waals surface area contributed by atoms with Gasteiger partial charge in [0.1, 0.15) is 5.75 Å². The lowest BCUT2D eigenvalue weighted by Gasteiger charge is -2.20. The van der Waals surface area contributed by atoms with Crippen molar-refractivity contribution < 1.29 is 27.5 Å². The number of alkyl halides is 3. The van der Waals surface area contributed by atoms with E-state index in [1.807, 2.05) is 6.92 Å². The molecule has 3 amide bonds. The van der Waals surface area contributed by atoms with E-state index in [4.69, 9.17) is 0 Å². The van der Waals surface area contributed by atoms with Crippen molar-refractivity contribution in [1.29, 1.82) is 0 Å². The van der Waals surface area contributed by atoms with Crippen LogP contribution in [0.5, 0.6) is 5.75 Å². The Kier molecular flexibility index (Phi) is 6.61. The molecule has 0 atom stereocenters. The molecule has 0 radical (unpaired) electrons. The van der Waals surface area contributed by atoms with Crippen molar-refractivity contribution in [1.82, 2.24) is 20.7 Å². The summed E-state index contributed by atoms with van der Waals surface area (Å²) in [7, 11) is 1.37. The molecule has 1 aromatic carbocycles. The Hall–Kier alpha value is -2.82. The minimum absolute atomic E-state index is 0.00338. The number of hydrogen-bond donors (Lipinski definition) is 2. The summed E-state index contributed by atoms with van der Waals surface area (Å²) in [5, 5.41) is 2.56. The predicted octanol–water partition coefficient (Wildman–Crippen LogP) is 2.77. The highest BCUT2D eigenvalue weighted by molar-refractivity contribution is 7.09. The van der Waals surface area contributed by atoms with Crippen LogP contribution >= 0.6 is 11.3 Å². The van der Waals surface area contributed by atoms with Gasteiger partial charge in [0.25, 0.3) is 0 Å². The molecule has 27 heavy (non-hydrogen) atoms. The molecule has 0 bridgehead atoms. The number of nitrogens with zero attached hydrogens (tertiary/aromatic N) is 2. The van der Waals surface area contributed by atoms with Crippen molar-refractivity contribution in [2.45, 2.75) is 26.3 Å². The standard InChI is InChI=1S/C16H17F3N4O3S/c1-10-20-12(9-27-10)7-14(24)21-22-15(25)23(2)8-11-5-3-4-6-13(11)26-16(17,18)19/h3-6,9H,7-8H2,1-2H3,(H,21,24)(H,22,25). The van der Waals surface area contributed by atoms with Crippen molar-refractivity contribution in [3.8, 4) is 5.75 Å². The molecule has 0 fully saturated rings. The predicted molar refractivity (Wildman–Crippen MR) is 91.8 cm³/mol. The molecule has 0 aliphatic rings. The molecule has 11 heteroatoms. The number of amides is 3. The van der Waals surface area contributed by atoms with Crippen LogP contribution in [0.3, 0.4) is 0 Å². The number of aromatic nitrogens is 1. The van der Waals surface area contributed by atoms with Gasteiger partial charge in [0.15, 0.2) is 0 Å². The fourth-order valence-electron chi connectivity index (χ4n) is 2.10. The number of urea groups is 1. The number of nitrogens with one attached hydrogen (secondary N) is 2. The number of carbonyl (C=O) groups is 2. The van der Waals surface area contributed by atoms with Crippen molar-refractivity contribution in [2.24, 2.45) is 0 Å². The lowest BCUT2D eigenvalue weighted by atomic mass is 10.2. The lowest BCUT2D eigenvalue weighted by molar-refractivity contribution is -0.275. The second kappa shape index (κ2) is 8.71. The molecule has 0 saturated carbocycles. The van der Waals surface area contributed by atoms with Crippen LogP contribution in [0.15, 0.2) is 29.6 Å². The molecule has 1 aromatic heterocycles. The molecule has 0 spiro atoms. The van der Waals surface area contributed by atoms with E-state index in [0.717, 1.165) is 16.0 Å². The van der Waals surface area contributed by atoms with Gasteiger partial charge in [-0.1, -0.05) is 18.2 Å². The smallest absolute Gasteiger partial charge is 0.405 e. The molecule has 146 valence electrons. The number of rotatable bonds is 5. The normalized spacial score (nSPS) is 11.0. The molecular formula is C16H17F3N4O3S. The maximum absolute atomic E-state index is 12.4. The topological polar surface area (TPSA) is 83.6 Å². The van der Waals surface area contributed by atoms with E-state index in [9.17, 15) is 22.8 Å². The molecule has 0 aliphatic heterocycles. The van der Waals surface area contributed by atoms with Gasteiger partial charge in [-0.25, -0.2) is 15.2 Å². The Balaban J connectivity index is 1.87. The van der Waals surface area contributed by atoms with Gasteiger partial charge in [0.05, 0.1) is 23.7 Å². The third-order valence-electron chi connectivity index (χ3n) is 3.27. The van der Waals surface area contributed by atoms with Gasteiger partial charge in [-0.05, 0) is 13.0 Å². The number of ether oxygens (including phenoxy) is 1. The van der Waals surface area contributed by atoms with Gasteiger partial charge in [-0.2, -0.15) is 0 Å². The van der Waals surface area contributed by atoms with E-state index in [1.165, 1.54) is 36.6 Å². The van der Waals surface area contributed by atoms with Crippen LogP contribution in [0.25, 0.3) is 0 Å². The van der Waals surface area contributed by atoms with Gasteiger partial charge in [0.2, 0.25) is 5.91 Å². The Bertz CT molecular complexity index is 810. The van der Waals surface area contributed by atoms with E-state index >= 15 is 0 Å². The van der Waals surface area contributed by atoms with Gasteiger partial charge < -0.3 is 9.64 Å². The Morgan fingerprint density at radius 1 is 1.26 bits per heavy atom. The van der Waals surface area contributed by atoms with Crippen molar-refractivity contribution in [2.75, 3.05) is 7.05 Å². The van der Waals surface area contributed by atoms with Crippen molar-refractivity contribution in [3.05, 3.63) is 45.9 Å². The maximum atomic E-state index is 12.4. The van der Waals surface area contributed by atoms with E-state index in [2.05, 4.69) is 20.6 Å². The van der Waals surface area contributed by atoms with Crippen LogP contribution in [0.4, 0.5) is 18.0 Å². The lowest BCUT2D eigenvalue weighted by Crippen LogP contribution is -2.47. The molecule has 2 N–H and O–H groups in total. The molecule has 0 aliphatic carbocycles. The third kappa shape index (κ3) is 6.77. The van der Waals surface area contributed by atoms with E-state index in [1.54, 1.807) is 5.38 Å². The molecule has 0 unspecified atom stereocenters. The zero-order valence-electron chi connectivity index (χ0n) is 14.5. The number of carbonyl (C=O) groups excluding carboxylic acids is 2. The van der Waals surface area contributed by atoms with Gasteiger partial charge >= 0.3 is 12.4 Å². The van der Waals surface area contributed by atoms with Crippen LogP contribution in [-0.4, -0.2) is 35.2 Å². The number of halogens is 3. The SMILES string of the molecule is Cc1nc(CC(=O)NNC(=O)N(C)Cc2ccccc2OC(F)(F)F)cs1.